The fourth-order valence-electron chi connectivity index (χ4n) is 4.62. The predicted octanol–water partition coefficient (Wildman–Crippen LogP) is 7.71. The molecule has 0 saturated heterocycles. The van der Waals surface area contributed by atoms with Crippen LogP contribution in [0.1, 0.15) is 80.1 Å². The topological polar surface area (TPSA) is 35.5 Å². The normalized spacial score (nSPS) is 14.3. The number of benzene rings is 2. The van der Waals surface area contributed by atoms with Crippen LogP contribution >= 0.6 is 23.2 Å². The Balaban J connectivity index is 1.81. The largest absolute Gasteiger partial charge is 0.464 e. The Bertz CT molecular complexity index is 883. The maximum atomic E-state index is 11.9. The van der Waals surface area contributed by atoms with Gasteiger partial charge in [0, 0.05) is 6.61 Å². The summed E-state index contributed by atoms with van der Waals surface area (Å²) in [4.78, 5) is 11.9. The van der Waals surface area contributed by atoms with Crippen molar-refractivity contribution in [2.24, 2.45) is 5.41 Å². The van der Waals surface area contributed by atoms with Crippen LogP contribution in [0.2, 0.25) is 5.04 Å². The minimum atomic E-state index is -2.45. The Morgan fingerprint density at radius 1 is 0.757 bits per heavy atom. The molecule has 2 rings (SSSR count). The van der Waals surface area contributed by atoms with E-state index in [1.165, 1.54) is 10.4 Å². The lowest BCUT2D eigenvalue weighted by Gasteiger charge is -2.43. The summed E-state index contributed by atoms with van der Waals surface area (Å²) in [6.45, 7) is 13.4. The van der Waals surface area contributed by atoms with Gasteiger partial charge in [0.25, 0.3) is 8.32 Å². The Morgan fingerprint density at radius 2 is 1.24 bits per heavy atom. The van der Waals surface area contributed by atoms with E-state index in [2.05, 4.69) is 81.4 Å². The number of hydrogen-bond acceptors (Lipinski definition) is 3. The number of carbonyl (C=O) groups is 1. The first-order valence-electron chi connectivity index (χ1n) is 13.6. The van der Waals surface area contributed by atoms with Crippen molar-refractivity contribution in [1.29, 1.82) is 0 Å². The molecule has 206 valence electrons. The fraction of sp³-hybridized carbons (Fsp3) is 0.581. The number of alkyl halides is 2. The number of hydrogen-bond donors (Lipinski definition) is 0. The molecule has 2 aromatic carbocycles. The van der Waals surface area contributed by atoms with Crippen molar-refractivity contribution >= 4 is 47.9 Å². The first-order chi connectivity index (χ1) is 17.4. The summed E-state index contributed by atoms with van der Waals surface area (Å²) in [5.41, 5.74) is -0.528. The van der Waals surface area contributed by atoms with E-state index in [9.17, 15) is 4.79 Å². The van der Waals surface area contributed by atoms with E-state index in [-0.39, 0.29) is 28.4 Å². The first kappa shape index (κ1) is 31.9. The average Bonchev–Trinajstić information content (AvgIpc) is 2.85. The highest BCUT2D eigenvalue weighted by molar-refractivity contribution is 6.99. The summed E-state index contributed by atoms with van der Waals surface area (Å²) in [5.74, 6) is -0.248. The van der Waals surface area contributed by atoms with Gasteiger partial charge < -0.3 is 9.16 Å². The van der Waals surface area contributed by atoms with Crippen LogP contribution in [-0.2, 0) is 14.0 Å². The van der Waals surface area contributed by atoms with Gasteiger partial charge in [0.1, 0.15) is 6.61 Å². The molecule has 0 aliphatic carbocycles. The maximum absolute atomic E-state index is 11.9. The van der Waals surface area contributed by atoms with E-state index in [4.69, 9.17) is 32.4 Å². The zero-order valence-electron chi connectivity index (χ0n) is 23.6. The van der Waals surface area contributed by atoms with Gasteiger partial charge in [-0.1, -0.05) is 107 Å². The van der Waals surface area contributed by atoms with Crippen molar-refractivity contribution in [3.05, 3.63) is 60.7 Å². The van der Waals surface area contributed by atoms with E-state index in [1.54, 1.807) is 0 Å². The second-order valence-corrected chi connectivity index (χ2v) is 17.4. The summed E-state index contributed by atoms with van der Waals surface area (Å²) in [7, 11) is -2.45. The number of unbranched alkanes of at least 4 members (excludes halogenated alkanes) is 4. The summed E-state index contributed by atoms with van der Waals surface area (Å²) < 4.78 is 12.3. The standard InChI is InChI=1S/C31H46Cl2O3Si/c1-30(2,3)29(34)35-24-28(33)27(32)22-16-8-7-9-17-23-36-37(31(4,5)6,25-18-12-10-13-19-25)26-20-14-11-15-21-26/h10-15,18-21,27-28H,7-9,16-17,22-24H2,1-6H3/t27-,28-/m1/s1. The molecule has 0 radical (unpaired) electrons. The molecule has 0 amide bonds. The lowest BCUT2D eigenvalue weighted by Crippen LogP contribution is -2.66. The van der Waals surface area contributed by atoms with Gasteiger partial charge in [0.2, 0.25) is 0 Å². The van der Waals surface area contributed by atoms with Crippen LogP contribution in [0.4, 0.5) is 0 Å². The van der Waals surface area contributed by atoms with Gasteiger partial charge in [-0.05, 0) is 49.0 Å². The van der Waals surface area contributed by atoms with Crippen LogP contribution in [0.3, 0.4) is 0 Å². The number of rotatable bonds is 14. The number of ether oxygens (including phenoxy) is 1. The molecule has 6 heteroatoms. The van der Waals surface area contributed by atoms with Gasteiger partial charge in [-0.2, -0.15) is 0 Å². The van der Waals surface area contributed by atoms with Crippen molar-refractivity contribution < 1.29 is 14.0 Å². The van der Waals surface area contributed by atoms with Crippen LogP contribution in [0.25, 0.3) is 0 Å². The third-order valence-corrected chi connectivity index (χ3v) is 12.9. The van der Waals surface area contributed by atoms with Gasteiger partial charge in [0.05, 0.1) is 16.2 Å². The number of halogens is 2. The number of carbonyl (C=O) groups excluding carboxylic acids is 1. The highest BCUT2D eigenvalue weighted by atomic mass is 35.5. The van der Waals surface area contributed by atoms with Crippen LogP contribution < -0.4 is 10.4 Å². The van der Waals surface area contributed by atoms with Crippen molar-refractivity contribution in [2.75, 3.05) is 13.2 Å². The SMILES string of the molecule is CC(C)(C)C(=O)OC[C@@H](Cl)[C@H](Cl)CCCCCCCO[Si](c1ccccc1)(c1ccccc1)C(C)(C)C. The molecule has 2 aromatic rings. The zero-order valence-corrected chi connectivity index (χ0v) is 26.1. The molecule has 37 heavy (non-hydrogen) atoms. The van der Waals surface area contributed by atoms with Crippen LogP contribution in [0, 0.1) is 5.41 Å². The third-order valence-electron chi connectivity index (χ3n) is 6.74. The molecule has 0 bridgehead atoms. The quantitative estimate of drug-likeness (QED) is 0.102. The fourth-order valence-corrected chi connectivity index (χ4v) is 9.64. The van der Waals surface area contributed by atoms with Gasteiger partial charge in [-0.25, -0.2) is 0 Å². The van der Waals surface area contributed by atoms with Crippen molar-refractivity contribution in [3.8, 4) is 0 Å². The van der Waals surface area contributed by atoms with Gasteiger partial charge in [0.15, 0.2) is 0 Å². The minimum Gasteiger partial charge on any atom is -0.464 e. The molecule has 0 spiro atoms. The smallest absolute Gasteiger partial charge is 0.311 e. The molecule has 0 fully saturated rings. The molecule has 3 nitrogen and oxygen atoms in total. The highest BCUT2D eigenvalue weighted by Gasteiger charge is 2.49. The molecular weight excluding hydrogens is 519 g/mol. The average molecular weight is 566 g/mol. The lowest BCUT2D eigenvalue weighted by atomic mass is 9.97. The van der Waals surface area contributed by atoms with Crippen molar-refractivity contribution in [2.45, 2.75) is 95.9 Å². The molecule has 0 aliphatic rings. The highest BCUT2D eigenvalue weighted by Crippen LogP contribution is 2.36. The van der Waals surface area contributed by atoms with Gasteiger partial charge in [-0.3, -0.25) is 4.79 Å². The monoisotopic (exact) mass is 564 g/mol. The molecule has 0 N–H and O–H groups in total. The second kappa shape index (κ2) is 14.7. The van der Waals surface area contributed by atoms with E-state index < -0.39 is 13.7 Å². The van der Waals surface area contributed by atoms with E-state index >= 15 is 0 Å². The summed E-state index contributed by atoms with van der Waals surface area (Å²) in [5, 5.41) is 2.08. The summed E-state index contributed by atoms with van der Waals surface area (Å²) in [6, 6.07) is 21.6. The van der Waals surface area contributed by atoms with Gasteiger partial charge >= 0.3 is 5.97 Å². The Hall–Kier alpha value is -1.33. The van der Waals surface area contributed by atoms with Crippen molar-refractivity contribution in [1.82, 2.24) is 0 Å². The van der Waals surface area contributed by atoms with Crippen LogP contribution in [-0.4, -0.2) is 38.3 Å². The summed E-state index contributed by atoms with van der Waals surface area (Å²) in [6.07, 6.45) is 6.24. The molecule has 0 heterocycles. The number of esters is 1. The van der Waals surface area contributed by atoms with E-state index in [1.807, 2.05) is 20.8 Å². The molecule has 0 aliphatic heterocycles. The molecule has 0 unspecified atom stereocenters. The first-order valence-corrected chi connectivity index (χ1v) is 16.4. The Kier molecular flexibility index (Phi) is 12.7. The van der Waals surface area contributed by atoms with Crippen LogP contribution in [0.15, 0.2) is 60.7 Å². The molecule has 0 saturated carbocycles. The van der Waals surface area contributed by atoms with E-state index in [0.29, 0.717) is 0 Å². The zero-order chi connectivity index (χ0) is 27.5. The van der Waals surface area contributed by atoms with E-state index in [0.717, 1.165) is 45.1 Å². The van der Waals surface area contributed by atoms with Crippen LogP contribution in [0.5, 0.6) is 0 Å². The second-order valence-electron chi connectivity index (χ2n) is 11.9. The predicted molar refractivity (Wildman–Crippen MR) is 161 cm³/mol. The molecular formula is C31H46Cl2O3Si. The lowest BCUT2D eigenvalue weighted by molar-refractivity contribution is -0.152. The molecule has 2 atom stereocenters. The Labute approximate surface area is 236 Å². The van der Waals surface area contributed by atoms with Crippen molar-refractivity contribution in [3.63, 3.8) is 0 Å². The minimum absolute atomic E-state index is 0.00434. The summed E-state index contributed by atoms with van der Waals surface area (Å²) >= 11 is 12.8. The Morgan fingerprint density at radius 3 is 1.73 bits per heavy atom. The maximum Gasteiger partial charge on any atom is 0.311 e. The third kappa shape index (κ3) is 9.42. The van der Waals surface area contributed by atoms with Gasteiger partial charge in [-0.15, -0.1) is 23.2 Å². The molecule has 0 aromatic heterocycles.